The first-order valence-corrected chi connectivity index (χ1v) is 6.64. The second-order valence-corrected chi connectivity index (χ2v) is 4.69. The number of carbonyl (C=O) groups is 1. The zero-order chi connectivity index (χ0) is 11.8. The molecular weight excluding hydrogens is 202 g/mol. The second-order valence-electron chi connectivity index (χ2n) is 4.69. The lowest BCUT2D eigenvalue weighted by atomic mass is 9.99. The first-order valence-electron chi connectivity index (χ1n) is 6.64. The third-order valence-corrected chi connectivity index (χ3v) is 3.51. The van der Waals surface area contributed by atoms with Gasteiger partial charge < -0.3 is 10.0 Å². The molecular formula is C13H25NO2. The number of piperidine rings is 1. The Morgan fingerprint density at radius 2 is 2.25 bits per heavy atom. The number of aliphatic hydroxyl groups excluding tert-OH is 1. The maximum absolute atomic E-state index is 11.2. The summed E-state index contributed by atoms with van der Waals surface area (Å²) in [5.41, 5.74) is 0. The summed E-state index contributed by atoms with van der Waals surface area (Å²) in [5, 5.41) is 9.01. The molecule has 0 radical (unpaired) electrons. The fourth-order valence-electron chi connectivity index (χ4n) is 2.49. The molecule has 1 aliphatic rings. The zero-order valence-electron chi connectivity index (χ0n) is 10.5. The molecule has 1 N–H and O–H groups in total. The molecule has 1 saturated heterocycles. The molecule has 1 aliphatic heterocycles. The topological polar surface area (TPSA) is 40.5 Å². The van der Waals surface area contributed by atoms with Gasteiger partial charge in [0.2, 0.25) is 0 Å². The summed E-state index contributed by atoms with van der Waals surface area (Å²) < 4.78 is 0. The molecule has 0 amide bonds. The van der Waals surface area contributed by atoms with Crippen LogP contribution in [0.3, 0.4) is 0 Å². The normalized spacial score (nSPS) is 22.2. The van der Waals surface area contributed by atoms with Gasteiger partial charge in [0.05, 0.1) is 0 Å². The number of Topliss-reactive ketones (excluding diaryl/α,β-unsaturated/α-hetero) is 1. The molecule has 0 bridgehead atoms. The Kier molecular flexibility index (Phi) is 6.65. The Balaban J connectivity index is 2.24. The van der Waals surface area contributed by atoms with Crippen molar-refractivity contribution in [2.24, 2.45) is 0 Å². The maximum atomic E-state index is 11.2. The van der Waals surface area contributed by atoms with Gasteiger partial charge in [0.25, 0.3) is 0 Å². The summed E-state index contributed by atoms with van der Waals surface area (Å²) >= 11 is 0. The first kappa shape index (κ1) is 13.7. The van der Waals surface area contributed by atoms with Crippen molar-refractivity contribution in [1.29, 1.82) is 0 Å². The highest BCUT2D eigenvalue weighted by molar-refractivity contribution is 5.77. The minimum absolute atomic E-state index is 0.287. The third kappa shape index (κ3) is 4.62. The molecule has 0 aromatic rings. The molecule has 3 heteroatoms. The van der Waals surface area contributed by atoms with Crippen molar-refractivity contribution in [1.82, 2.24) is 4.90 Å². The highest BCUT2D eigenvalue weighted by Crippen LogP contribution is 2.19. The van der Waals surface area contributed by atoms with Crippen molar-refractivity contribution in [3.05, 3.63) is 0 Å². The van der Waals surface area contributed by atoms with Gasteiger partial charge in [0.1, 0.15) is 5.78 Å². The number of likely N-dealkylation sites (tertiary alicyclic amines) is 1. The van der Waals surface area contributed by atoms with E-state index in [-0.39, 0.29) is 6.61 Å². The fraction of sp³-hybridized carbons (Fsp3) is 0.923. The molecule has 1 heterocycles. The maximum Gasteiger partial charge on any atom is 0.132 e. The Morgan fingerprint density at radius 3 is 2.94 bits per heavy atom. The number of hydrogen-bond donors (Lipinski definition) is 1. The minimum Gasteiger partial charge on any atom is -0.396 e. The highest BCUT2D eigenvalue weighted by atomic mass is 16.3. The lowest BCUT2D eigenvalue weighted by molar-refractivity contribution is -0.118. The molecule has 16 heavy (non-hydrogen) atoms. The second kappa shape index (κ2) is 7.80. The fourth-order valence-corrected chi connectivity index (χ4v) is 2.49. The first-order chi connectivity index (χ1) is 7.77. The van der Waals surface area contributed by atoms with Gasteiger partial charge in [-0.25, -0.2) is 0 Å². The van der Waals surface area contributed by atoms with Crippen LogP contribution in [0.15, 0.2) is 0 Å². The number of aliphatic hydroxyl groups is 1. The van der Waals surface area contributed by atoms with Gasteiger partial charge in [-0.1, -0.05) is 13.3 Å². The van der Waals surface area contributed by atoms with Crippen LogP contribution >= 0.6 is 0 Å². The quantitative estimate of drug-likeness (QED) is 0.723. The summed E-state index contributed by atoms with van der Waals surface area (Å²) in [4.78, 5) is 13.7. The van der Waals surface area contributed by atoms with E-state index in [9.17, 15) is 4.79 Å². The Bertz CT molecular complexity index is 204. The van der Waals surface area contributed by atoms with Gasteiger partial charge >= 0.3 is 0 Å². The van der Waals surface area contributed by atoms with Crippen molar-refractivity contribution in [3.63, 3.8) is 0 Å². The van der Waals surface area contributed by atoms with Crippen molar-refractivity contribution < 1.29 is 9.90 Å². The van der Waals surface area contributed by atoms with Gasteiger partial charge in [0, 0.05) is 25.5 Å². The van der Waals surface area contributed by atoms with E-state index < -0.39 is 0 Å². The lowest BCUT2D eigenvalue weighted by Gasteiger charge is -2.35. The highest BCUT2D eigenvalue weighted by Gasteiger charge is 2.21. The van der Waals surface area contributed by atoms with Crippen LogP contribution in [0.5, 0.6) is 0 Å². The van der Waals surface area contributed by atoms with Crippen molar-refractivity contribution in [2.75, 3.05) is 19.7 Å². The monoisotopic (exact) mass is 227 g/mol. The summed E-state index contributed by atoms with van der Waals surface area (Å²) in [6, 6.07) is 0.551. The standard InChI is InChI=1S/C13H25NO2/c1-2-13(16)7-5-10-14-9-4-3-6-12(14)8-11-15/h12,15H,2-11H2,1H3. The molecule has 94 valence electrons. The summed E-state index contributed by atoms with van der Waals surface area (Å²) in [6.07, 6.45) is 7.02. The van der Waals surface area contributed by atoms with Gasteiger partial charge in [0.15, 0.2) is 0 Å². The molecule has 3 nitrogen and oxygen atoms in total. The lowest BCUT2D eigenvalue weighted by Crippen LogP contribution is -2.40. The summed E-state index contributed by atoms with van der Waals surface area (Å²) in [5.74, 6) is 0.371. The SMILES string of the molecule is CCC(=O)CCCN1CCCCC1CCO. The summed E-state index contributed by atoms with van der Waals surface area (Å²) in [7, 11) is 0. The molecule has 1 rings (SSSR count). The van der Waals surface area contributed by atoms with Gasteiger partial charge in [-0.05, 0) is 38.8 Å². The minimum atomic E-state index is 0.287. The van der Waals surface area contributed by atoms with Crippen LogP contribution in [-0.4, -0.2) is 41.5 Å². The third-order valence-electron chi connectivity index (χ3n) is 3.51. The molecule has 1 unspecified atom stereocenters. The Labute approximate surface area is 98.8 Å². The molecule has 1 atom stereocenters. The number of rotatable bonds is 7. The summed E-state index contributed by atoms with van der Waals surface area (Å²) in [6.45, 7) is 4.38. The van der Waals surface area contributed by atoms with Gasteiger partial charge in [-0.15, -0.1) is 0 Å². The molecule has 1 fully saturated rings. The van der Waals surface area contributed by atoms with Crippen molar-refractivity contribution in [2.45, 2.75) is 57.9 Å². The van der Waals surface area contributed by atoms with Crippen LogP contribution in [0.4, 0.5) is 0 Å². The van der Waals surface area contributed by atoms with Crippen LogP contribution in [0.1, 0.15) is 51.9 Å². The average molecular weight is 227 g/mol. The van der Waals surface area contributed by atoms with E-state index in [0.29, 0.717) is 18.2 Å². The van der Waals surface area contributed by atoms with Crippen LogP contribution < -0.4 is 0 Å². The van der Waals surface area contributed by atoms with Crippen LogP contribution in [0.2, 0.25) is 0 Å². The zero-order valence-corrected chi connectivity index (χ0v) is 10.5. The van der Waals surface area contributed by atoms with E-state index in [1.807, 2.05) is 6.92 Å². The molecule has 0 spiro atoms. The van der Waals surface area contributed by atoms with Gasteiger partial charge in [-0.2, -0.15) is 0 Å². The average Bonchev–Trinajstić information content (AvgIpc) is 2.31. The number of carbonyl (C=O) groups excluding carboxylic acids is 1. The predicted molar refractivity (Wildman–Crippen MR) is 65.4 cm³/mol. The van der Waals surface area contributed by atoms with E-state index in [4.69, 9.17) is 5.11 Å². The largest absolute Gasteiger partial charge is 0.396 e. The van der Waals surface area contributed by atoms with E-state index >= 15 is 0 Å². The van der Waals surface area contributed by atoms with E-state index in [1.54, 1.807) is 0 Å². The van der Waals surface area contributed by atoms with Gasteiger partial charge in [-0.3, -0.25) is 4.79 Å². The molecule has 0 saturated carbocycles. The van der Waals surface area contributed by atoms with Crippen LogP contribution in [0, 0.1) is 0 Å². The predicted octanol–water partition coefficient (Wildman–Crippen LogP) is 1.98. The molecule has 0 aromatic carbocycles. The van der Waals surface area contributed by atoms with Crippen molar-refractivity contribution >= 4 is 5.78 Å². The van der Waals surface area contributed by atoms with Crippen molar-refractivity contribution in [3.8, 4) is 0 Å². The number of nitrogens with zero attached hydrogens (tertiary/aromatic N) is 1. The Hall–Kier alpha value is -0.410. The molecule has 0 aliphatic carbocycles. The number of ketones is 1. The Morgan fingerprint density at radius 1 is 1.44 bits per heavy atom. The van der Waals surface area contributed by atoms with Crippen LogP contribution in [-0.2, 0) is 4.79 Å². The van der Waals surface area contributed by atoms with E-state index in [1.165, 1.54) is 19.3 Å². The van der Waals surface area contributed by atoms with Crippen LogP contribution in [0.25, 0.3) is 0 Å². The van der Waals surface area contributed by atoms with E-state index in [2.05, 4.69) is 4.90 Å². The number of hydrogen-bond acceptors (Lipinski definition) is 3. The molecule has 0 aromatic heterocycles. The van der Waals surface area contributed by atoms with E-state index in [0.717, 1.165) is 32.4 Å². The smallest absolute Gasteiger partial charge is 0.132 e.